The van der Waals surface area contributed by atoms with E-state index in [1.165, 1.54) is 4.88 Å². The first kappa shape index (κ1) is 17.8. The number of carbonyl (C=O) groups excluding carboxylic acids is 2. The van der Waals surface area contributed by atoms with Crippen LogP contribution in [-0.2, 0) is 22.3 Å². The molecule has 0 saturated carbocycles. The normalized spacial score (nSPS) is 17.3. The average molecular weight is 339 g/mol. The quantitative estimate of drug-likeness (QED) is 0.789. The molecule has 2 rings (SSSR count). The van der Waals surface area contributed by atoms with E-state index in [1.807, 2.05) is 26.2 Å². The highest BCUT2D eigenvalue weighted by atomic mass is 32.1. The maximum absolute atomic E-state index is 12.2. The zero-order valence-electron chi connectivity index (χ0n) is 14.5. The molecule has 0 radical (unpaired) electrons. The average Bonchev–Trinajstić information content (AvgIpc) is 2.87. The number of thiophene rings is 1. The van der Waals surface area contributed by atoms with E-state index in [4.69, 9.17) is 9.47 Å². The Morgan fingerprint density at radius 3 is 2.70 bits per heavy atom. The van der Waals surface area contributed by atoms with Crippen LogP contribution in [0.1, 0.15) is 54.9 Å². The Morgan fingerprint density at radius 1 is 1.39 bits per heavy atom. The molecular weight excluding hydrogens is 314 g/mol. The van der Waals surface area contributed by atoms with Crippen molar-refractivity contribution in [1.82, 2.24) is 4.90 Å². The van der Waals surface area contributed by atoms with Gasteiger partial charge < -0.3 is 14.4 Å². The summed E-state index contributed by atoms with van der Waals surface area (Å²) in [6.07, 6.45) is 2.10. The van der Waals surface area contributed by atoms with E-state index in [0.29, 0.717) is 18.6 Å². The molecular formula is C17H25NO4S. The number of rotatable bonds is 3. The van der Waals surface area contributed by atoms with Gasteiger partial charge in [0.15, 0.2) is 0 Å². The summed E-state index contributed by atoms with van der Waals surface area (Å²) < 4.78 is 10.6. The van der Waals surface area contributed by atoms with Crippen molar-refractivity contribution in [2.45, 2.75) is 58.6 Å². The molecule has 0 N–H and O–H groups in total. The number of amides is 1. The van der Waals surface area contributed by atoms with Crippen LogP contribution in [0.3, 0.4) is 0 Å². The second-order valence-corrected chi connectivity index (χ2v) is 7.72. The summed E-state index contributed by atoms with van der Waals surface area (Å²) in [5.74, 6) is -0.273. The summed E-state index contributed by atoms with van der Waals surface area (Å²) in [4.78, 5) is 27.2. The molecule has 1 aliphatic carbocycles. The molecule has 6 heteroatoms. The Balaban J connectivity index is 2.11. The van der Waals surface area contributed by atoms with E-state index in [9.17, 15) is 9.59 Å². The number of aryl methyl sites for hydroxylation is 1. The largest absolute Gasteiger partial charge is 0.462 e. The van der Waals surface area contributed by atoms with Crippen LogP contribution in [0.2, 0.25) is 0 Å². The van der Waals surface area contributed by atoms with Gasteiger partial charge in [0.1, 0.15) is 5.60 Å². The second-order valence-electron chi connectivity index (χ2n) is 6.76. The first-order valence-corrected chi connectivity index (χ1v) is 8.83. The van der Waals surface area contributed by atoms with Crippen molar-refractivity contribution in [2.75, 3.05) is 13.7 Å². The minimum Gasteiger partial charge on any atom is -0.462 e. The van der Waals surface area contributed by atoms with E-state index in [0.717, 1.165) is 18.4 Å². The summed E-state index contributed by atoms with van der Waals surface area (Å²) in [5.41, 5.74) is 1.16. The smallest absolute Gasteiger partial charge is 0.410 e. The van der Waals surface area contributed by atoms with Crippen LogP contribution in [-0.4, -0.2) is 42.3 Å². The van der Waals surface area contributed by atoms with Crippen molar-refractivity contribution in [3.63, 3.8) is 0 Å². The highest BCUT2D eigenvalue weighted by molar-refractivity contribution is 7.10. The molecule has 0 aromatic carbocycles. The second kappa shape index (κ2) is 6.91. The van der Waals surface area contributed by atoms with Crippen molar-refractivity contribution in [2.24, 2.45) is 0 Å². The first-order valence-electron chi connectivity index (χ1n) is 7.95. The third-order valence-corrected chi connectivity index (χ3v) is 4.94. The predicted octanol–water partition coefficient (Wildman–Crippen LogP) is 3.65. The highest BCUT2D eigenvalue weighted by Gasteiger charge is 2.31. The van der Waals surface area contributed by atoms with Gasteiger partial charge in [-0.15, -0.1) is 11.3 Å². The molecule has 0 spiro atoms. The number of carbonyl (C=O) groups is 2. The van der Waals surface area contributed by atoms with Gasteiger partial charge in [-0.1, -0.05) is 0 Å². The van der Waals surface area contributed by atoms with Gasteiger partial charge in [-0.2, -0.15) is 0 Å². The molecule has 1 aliphatic rings. The van der Waals surface area contributed by atoms with Gasteiger partial charge in [-0.05, 0) is 52.5 Å². The van der Waals surface area contributed by atoms with Crippen LogP contribution in [0.15, 0.2) is 5.38 Å². The van der Waals surface area contributed by atoms with Gasteiger partial charge in [0.25, 0.3) is 0 Å². The number of hydrogen-bond donors (Lipinski definition) is 0. The summed E-state index contributed by atoms with van der Waals surface area (Å²) in [5, 5.41) is 1.87. The standard InChI is InChI=1S/C17H25NO4S/c1-6-21-15(19)13-10-23-14-8-7-11(9-12(13)14)18(5)16(20)22-17(2,3)4/h10-11H,6-9H2,1-5H3. The van der Waals surface area contributed by atoms with Crippen LogP contribution >= 0.6 is 11.3 Å². The van der Waals surface area contributed by atoms with Gasteiger partial charge in [0.2, 0.25) is 0 Å². The third kappa shape index (κ3) is 4.25. The maximum atomic E-state index is 12.2. The van der Waals surface area contributed by atoms with E-state index in [1.54, 1.807) is 30.2 Å². The van der Waals surface area contributed by atoms with Gasteiger partial charge in [-0.25, -0.2) is 9.59 Å². The van der Waals surface area contributed by atoms with E-state index >= 15 is 0 Å². The van der Waals surface area contributed by atoms with E-state index < -0.39 is 5.60 Å². The first-order chi connectivity index (χ1) is 10.7. The van der Waals surface area contributed by atoms with Crippen molar-refractivity contribution < 1.29 is 19.1 Å². The topological polar surface area (TPSA) is 55.8 Å². The molecule has 0 bridgehead atoms. The SMILES string of the molecule is CCOC(=O)c1csc2c1CC(N(C)C(=O)OC(C)(C)C)CC2. The Hall–Kier alpha value is -1.56. The van der Waals surface area contributed by atoms with Crippen molar-refractivity contribution in [3.8, 4) is 0 Å². The van der Waals surface area contributed by atoms with Gasteiger partial charge in [0, 0.05) is 23.3 Å². The van der Waals surface area contributed by atoms with Crippen LogP contribution in [0.25, 0.3) is 0 Å². The Morgan fingerprint density at radius 2 is 2.09 bits per heavy atom. The Bertz CT molecular complexity index is 588. The predicted molar refractivity (Wildman–Crippen MR) is 90.1 cm³/mol. The monoisotopic (exact) mass is 339 g/mol. The Kier molecular flexibility index (Phi) is 5.34. The molecule has 5 nitrogen and oxygen atoms in total. The molecule has 1 aromatic heterocycles. The van der Waals surface area contributed by atoms with Crippen molar-refractivity contribution >= 4 is 23.4 Å². The minimum atomic E-state index is -0.510. The lowest BCUT2D eigenvalue weighted by molar-refractivity contribution is 0.0210. The molecule has 1 atom stereocenters. The van der Waals surface area contributed by atoms with Crippen LogP contribution in [0, 0.1) is 0 Å². The molecule has 1 unspecified atom stereocenters. The molecule has 0 saturated heterocycles. The number of nitrogens with zero attached hydrogens (tertiary/aromatic N) is 1. The molecule has 23 heavy (non-hydrogen) atoms. The number of hydrogen-bond acceptors (Lipinski definition) is 5. The van der Waals surface area contributed by atoms with Crippen LogP contribution in [0.5, 0.6) is 0 Å². The lowest BCUT2D eigenvalue weighted by Gasteiger charge is -2.33. The fraction of sp³-hybridized carbons (Fsp3) is 0.647. The minimum absolute atomic E-state index is 0.0418. The molecule has 1 amide bonds. The molecule has 128 valence electrons. The summed E-state index contributed by atoms with van der Waals surface area (Å²) in [7, 11) is 1.76. The van der Waals surface area contributed by atoms with Crippen LogP contribution < -0.4 is 0 Å². The van der Waals surface area contributed by atoms with Gasteiger partial charge in [-0.3, -0.25) is 0 Å². The lowest BCUT2D eigenvalue weighted by Crippen LogP contribution is -2.43. The summed E-state index contributed by atoms with van der Waals surface area (Å²) in [6, 6.07) is 0.0418. The molecule has 1 heterocycles. The summed E-state index contributed by atoms with van der Waals surface area (Å²) in [6.45, 7) is 7.74. The van der Waals surface area contributed by atoms with E-state index in [2.05, 4.69) is 0 Å². The third-order valence-electron chi connectivity index (χ3n) is 3.85. The number of esters is 1. The van der Waals surface area contributed by atoms with Crippen LogP contribution in [0.4, 0.5) is 4.79 Å². The molecule has 0 aliphatic heterocycles. The van der Waals surface area contributed by atoms with Gasteiger partial charge in [0.05, 0.1) is 12.2 Å². The zero-order chi connectivity index (χ0) is 17.2. The fourth-order valence-corrected chi connectivity index (χ4v) is 3.76. The molecule has 1 aromatic rings. The Labute approximate surface area is 141 Å². The molecule has 0 fully saturated rings. The van der Waals surface area contributed by atoms with E-state index in [-0.39, 0.29) is 18.1 Å². The van der Waals surface area contributed by atoms with Crippen molar-refractivity contribution in [1.29, 1.82) is 0 Å². The van der Waals surface area contributed by atoms with Crippen molar-refractivity contribution in [3.05, 3.63) is 21.4 Å². The van der Waals surface area contributed by atoms with Gasteiger partial charge >= 0.3 is 12.1 Å². The fourth-order valence-electron chi connectivity index (χ4n) is 2.69. The number of likely N-dealkylation sites (N-methyl/N-ethyl adjacent to an activating group) is 1. The highest BCUT2D eigenvalue weighted by Crippen LogP contribution is 2.32. The number of ether oxygens (including phenoxy) is 2. The zero-order valence-corrected chi connectivity index (χ0v) is 15.3. The summed E-state index contributed by atoms with van der Waals surface area (Å²) >= 11 is 1.60. The lowest BCUT2D eigenvalue weighted by atomic mass is 9.91. The maximum Gasteiger partial charge on any atom is 0.410 e. The number of fused-ring (bicyclic) bond motifs is 1.